The highest BCUT2D eigenvalue weighted by atomic mass is 127. The molecule has 1 aliphatic heterocycles. The number of nitrogens with zero attached hydrogens (tertiary/aromatic N) is 3. The average Bonchev–Trinajstić information content (AvgIpc) is 3.20. The smallest absolute Gasteiger partial charge is 0.191 e. The lowest BCUT2D eigenvalue weighted by molar-refractivity contribution is 0.219. The Hall–Kier alpha value is -0.860. The summed E-state index contributed by atoms with van der Waals surface area (Å²) >= 11 is 0. The minimum atomic E-state index is 0. The molecule has 1 saturated heterocycles. The molecular formula is C21H38IN5. The van der Waals surface area contributed by atoms with E-state index in [9.17, 15) is 0 Å². The third-order valence-corrected chi connectivity index (χ3v) is 5.27. The maximum absolute atomic E-state index is 4.40. The second kappa shape index (κ2) is 14.2. The third kappa shape index (κ3) is 8.35. The van der Waals surface area contributed by atoms with E-state index >= 15 is 0 Å². The predicted molar refractivity (Wildman–Crippen MR) is 127 cm³/mol. The number of hydrogen-bond acceptors (Lipinski definition) is 3. The molecule has 0 bridgehead atoms. The fourth-order valence-corrected chi connectivity index (χ4v) is 3.73. The summed E-state index contributed by atoms with van der Waals surface area (Å²) in [5.41, 5.74) is 1.35. The van der Waals surface area contributed by atoms with Crippen LogP contribution in [-0.2, 0) is 0 Å². The van der Waals surface area contributed by atoms with Gasteiger partial charge in [0.15, 0.2) is 5.96 Å². The van der Waals surface area contributed by atoms with E-state index in [1.807, 2.05) is 7.05 Å². The fourth-order valence-electron chi connectivity index (χ4n) is 3.73. The second-order valence-corrected chi connectivity index (χ2v) is 6.93. The summed E-state index contributed by atoms with van der Waals surface area (Å²) in [6, 6.07) is 11.1. The zero-order valence-corrected chi connectivity index (χ0v) is 19.6. The monoisotopic (exact) mass is 487 g/mol. The summed E-state index contributed by atoms with van der Waals surface area (Å²) in [5.74, 6) is 0.902. The largest absolute Gasteiger partial charge is 0.356 e. The first-order valence-corrected chi connectivity index (χ1v) is 10.2. The Bertz CT molecular complexity index is 513. The summed E-state index contributed by atoms with van der Waals surface area (Å²) in [6.07, 6.45) is 3.89. The van der Waals surface area contributed by atoms with Gasteiger partial charge in [-0.05, 0) is 57.5 Å². The van der Waals surface area contributed by atoms with Crippen LogP contribution < -0.4 is 10.6 Å². The van der Waals surface area contributed by atoms with Crippen molar-refractivity contribution < 1.29 is 0 Å². The molecule has 0 aliphatic carbocycles. The van der Waals surface area contributed by atoms with E-state index in [4.69, 9.17) is 0 Å². The molecule has 2 rings (SSSR count). The normalized spacial score (nSPS) is 16.2. The van der Waals surface area contributed by atoms with Crippen LogP contribution >= 0.6 is 24.0 Å². The molecule has 1 aromatic carbocycles. The van der Waals surface area contributed by atoms with Gasteiger partial charge in [0.05, 0.1) is 6.04 Å². The SMILES string of the molecule is CCN(CC)C(CNC(=NC)NCCCN1CCCC1)c1ccccc1.I. The Morgan fingerprint density at radius 1 is 1.11 bits per heavy atom. The molecule has 0 radical (unpaired) electrons. The first-order chi connectivity index (χ1) is 12.8. The molecule has 1 aromatic rings. The minimum absolute atomic E-state index is 0. The molecule has 1 aliphatic rings. The number of rotatable bonds is 10. The molecular weight excluding hydrogens is 449 g/mol. The number of guanidine groups is 1. The van der Waals surface area contributed by atoms with Gasteiger partial charge in [0.2, 0.25) is 0 Å². The average molecular weight is 487 g/mol. The molecule has 1 fully saturated rings. The second-order valence-electron chi connectivity index (χ2n) is 6.93. The lowest BCUT2D eigenvalue weighted by Crippen LogP contribution is -2.43. The van der Waals surface area contributed by atoms with Gasteiger partial charge in [0.25, 0.3) is 0 Å². The number of likely N-dealkylation sites (N-methyl/N-ethyl adjacent to an activating group) is 1. The zero-order valence-electron chi connectivity index (χ0n) is 17.3. The molecule has 27 heavy (non-hydrogen) atoms. The summed E-state index contributed by atoms with van der Waals surface area (Å²) in [4.78, 5) is 9.44. The molecule has 1 atom stereocenters. The van der Waals surface area contributed by atoms with Gasteiger partial charge in [-0.1, -0.05) is 44.2 Å². The van der Waals surface area contributed by atoms with E-state index in [2.05, 4.69) is 69.6 Å². The summed E-state index contributed by atoms with van der Waals surface area (Å²) in [5, 5.41) is 7.00. The van der Waals surface area contributed by atoms with Crippen molar-refractivity contribution in [2.24, 2.45) is 4.99 Å². The van der Waals surface area contributed by atoms with Crippen LogP contribution in [0.1, 0.15) is 44.7 Å². The van der Waals surface area contributed by atoms with Crippen molar-refractivity contribution in [3.63, 3.8) is 0 Å². The first-order valence-electron chi connectivity index (χ1n) is 10.2. The third-order valence-electron chi connectivity index (χ3n) is 5.27. The van der Waals surface area contributed by atoms with Gasteiger partial charge < -0.3 is 15.5 Å². The van der Waals surface area contributed by atoms with Crippen LogP contribution in [0.2, 0.25) is 0 Å². The van der Waals surface area contributed by atoms with Crippen LogP contribution in [0.5, 0.6) is 0 Å². The molecule has 0 spiro atoms. The molecule has 5 nitrogen and oxygen atoms in total. The highest BCUT2D eigenvalue weighted by Crippen LogP contribution is 2.19. The van der Waals surface area contributed by atoms with Gasteiger partial charge in [-0.2, -0.15) is 0 Å². The maximum atomic E-state index is 4.40. The Morgan fingerprint density at radius 3 is 2.37 bits per heavy atom. The van der Waals surface area contributed by atoms with Gasteiger partial charge in [-0.3, -0.25) is 9.89 Å². The molecule has 1 unspecified atom stereocenters. The van der Waals surface area contributed by atoms with Crippen LogP contribution in [-0.4, -0.2) is 68.6 Å². The molecule has 154 valence electrons. The molecule has 2 N–H and O–H groups in total. The maximum Gasteiger partial charge on any atom is 0.191 e. The highest BCUT2D eigenvalue weighted by Gasteiger charge is 2.18. The number of aliphatic imine (C=N–C) groups is 1. The lowest BCUT2D eigenvalue weighted by atomic mass is 10.1. The number of halogens is 1. The van der Waals surface area contributed by atoms with Crippen molar-refractivity contribution in [3.8, 4) is 0 Å². The van der Waals surface area contributed by atoms with Gasteiger partial charge in [0.1, 0.15) is 0 Å². The Labute approximate surface area is 183 Å². The van der Waals surface area contributed by atoms with E-state index in [0.29, 0.717) is 6.04 Å². The van der Waals surface area contributed by atoms with Crippen LogP contribution in [0.4, 0.5) is 0 Å². The van der Waals surface area contributed by atoms with Crippen molar-refractivity contribution in [2.75, 3.05) is 52.9 Å². The number of nitrogens with one attached hydrogen (secondary N) is 2. The molecule has 6 heteroatoms. The minimum Gasteiger partial charge on any atom is -0.356 e. The Morgan fingerprint density at radius 2 is 1.78 bits per heavy atom. The number of hydrogen-bond donors (Lipinski definition) is 2. The molecule has 0 amide bonds. The quantitative estimate of drug-likeness (QED) is 0.230. The van der Waals surface area contributed by atoms with Crippen molar-refractivity contribution in [3.05, 3.63) is 35.9 Å². The summed E-state index contributed by atoms with van der Waals surface area (Å²) < 4.78 is 0. The van der Waals surface area contributed by atoms with Crippen molar-refractivity contribution in [2.45, 2.75) is 39.2 Å². The summed E-state index contributed by atoms with van der Waals surface area (Å²) in [7, 11) is 1.85. The first kappa shape index (κ1) is 24.2. The van der Waals surface area contributed by atoms with Gasteiger partial charge in [-0.15, -0.1) is 24.0 Å². The van der Waals surface area contributed by atoms with E-state index in [-0.39, 0.29) is 24.0 Å². The molecule has 0 aromatic heterocycles. The fraction of sp³-hybridized carbons (Fsp3) is 0.667. The van der Waals surface area contributed by atoms with E-state index in [1.165, 1.54) is 44.5 Å². The van der Waals surface area contributed by atoms with Gasteiger partial charge >= 0.3 is 0 Å². The van der Waals surface area contributed by atoms with E-state index in [0.717, 1.165) is 32.1 Å². The zero-order chi connectivity index (χ0) is 18.6. The van der Waals surface area contributed by atoms with Gasteiger partial charge in [-0.25, -0.2) is 0 Å². The number of likely N-dealkylation sites (tertiary alicyclic amines) is 1. The topological polar surface area (TPSA) is 42.9 Å². The Balaban J connectivity index is 0.00000364. The van der Waals surface area contributed by atoms with E-state index in [1.54, 1.807) is 0 Å². The van der Waals surface area contributed by atoms with Crippen LogP contribution in [0, 0.1) is 0 Å². The predicted octanol–water partition coefficient (Wildman–Crippen LogP) is 3.34. The van der Waals surface area contributed by atoms with Crippen LogP contribution in [0.25, 0.3) is 0 Å². The van der Waals surface area contributed by atoms with Crippen molar-refractivity contribution in [1.29, 1.82) is 0 Å². The standard InChI is InChI=1S/C21H37N5.HI/c1-4-26(5-2)20(19-12-7-6-8-13-19)18-24-21(22-3)23-14-11-17-25-15-9-10-16-25;/h6-8,12-13,20H,4-5,9-11,14-18H2,1-3H3,(H2,22,23,24);1H. The lowest BCUT2D eigenvalue weighted by Gasteiger charge is -2.30. The highest BCUT2D eigenvalue weighted by molar-refractivity contribution is 14.0. The van der Waals surface area contributed by atoms with Crippen LogP contribution in [0.3, 0.4) is 0 Å². The van der Waals surface area contributed by atoms with Crippen molar-refractivity contribution in [1.82, 2.24) is 20.4 Å². The van der Waals surface area contributed by atoms with Crippen molar-refractivity contribution >= 4 is 29.9 Å². The summed E-state index contributed by atoms with van der Waals surface area (Å²) in [6.45, 7) is 12.1. The molecule has 0 saturated carbocycles. The molecule has 1 heterocycles. The van der Waals surface area contributed by atoms with E-state index < -0.39 is 0 Å². The van der Waals surface area contributed by atoms with Crippen LogP contribution in [0.15, 0.2) is 35.3 Å². The number of benzene rings is 1. The Kier molecular flexibility index (Phi) is 12.7. The van der Waals surface area contributed by atoms with Gasteiger partial charge in [0, 0.05) is 20.1 Å².